The van der Waals surface area contributed by atoms with Crippen LogP contribution in [0, 0.1) is 0 Å². The van der Waals surface area contributed by atoms with Gasteiger partial charge in [-0.3, -0.25) is 9.59 Å². The fraction of sp³-hybridized carbons (Fsp3) is 0.500. The van der Waals surface area contributed by atoms with Crippen molar-refractivity contribution in [3.05, 3.63) is 29.8 Å². The third kappa shape index (κ3) is 4.48. The summed E-state index contributed by atoms with van der Waals surface area (Å²) in [6.45, 7) is 5.29. The predicted molar refractivity (Wildman–Crippen MR) is 85.7 cm³/mol. The molecule has 0 aliphatic heterocycles. The summed E-state index contributed by atoms with van der Waals surface area (Å²) in [6, 6.07) is 7.40. The van der Waals surface area contributed by atoms with Gasteiger partial charge in [-0.1, -0.05) is 6.07 Å². The highest BCUT2D eigenvalue weighted by molar-refractivity contribution is 5.97. The molecule has 0 unspecified atom stereocenters. The Morgan fingerprint density at radius 2 is 1.67 bits per heavy atom. The van der Waals surface area contributed by atoms with Crippen molar-refractivity contribution in [1.82, 2.24) is 9.80 Å². The molecule has 0 saturated carbocycles. The molecule has 5 heteroatoms. The molecule has 0 spiro atoms. The number of hydrogen-bond acceptors (Lipinski definition) is 3. The molecule has 2 amide bonds. The Bertz CT molecular complexity index is 496. The Kier molecular flexibility index (Phi) is 6.21. The first kappa shape index (κ1) is 17.0. The maximum absolute atomic E-state index is 12.4. The molecule has 0 aromatic heterocycles. The summed E-state index contributed by atoms with van der Waals surface area (Å²) >= 11 is 0. The third-order valence-electron chi connectivity index (χ3n) is 3.44. The molecule has 0 fully saturated rings. The highest BCUT2D eigenvalue weighted by atomic mass is 16.2. The highest BCUT2D eigenvalue weighted by Gasteiger charge is 2.18. The van der Waals surface area contributed by atoms with Gasteiger partial charge < -0.3 is 14.7 Å². The minimum atomic E-state index is -0.140. The first-order valence-corrected chi connectivity index (χ1v) is 7.21. The van der Waals surface area contributed by atoms with Gasteiger partial charge in [-0.25, -0.2) is 0 Å². The number of carbonyl (C=O) groups is 2. The molecule has 1 aromatic carbocycles. The molecule has 1 aromatic rings. The lowest BCUT2D eigenvalue weighted by molar-refractivity contribution is -0.131. The number of hydrogen-bond donors (Lipinski definition) is 0. The molecule has 1 rings (SSSR count). The number of rotatable bonds is 6. The first-order chi connectivity index (χ1) is 9.90. The maximum Gasteiger partial charge on any atom is 0.254 e. The van der Waals surface area contributed by atoms with Gasteiger partial charge in [0.05, 0.1) is 6.54 Å². The Morgan fingerprint density at radius 1 is 1.05 bits per heavy atom. The van der Waals surface area contributed by atoms with Gasteiger partial charge in [0.15, 0.2) is 0 Å². The fourth-order valence-corrected chi connectivity index (χ4v) is 2.09. The summed E-state index contributed by atoms with van der Waals surface area (Å²) in [6.07, 6.45) is 0. The van der Waals surface area contributed by atoms with Gasteiger partial charge in [-0.2, -0.15) is 0 Å². The van der Waals surface area contributed by atoms with E-state index in [1.54, 1.807) is 18.0 Å². The zero-order chi connectivity index (χ0) is 16.0. The van der Waals surface area contributed by atoms with E-state index in [0.29, 0.717) is 18.7 Å². The largest absolute Gasteiger partial charge is 0.378 e. The van der Waals surface area contributed by atoms with Crippen molar-refractivity contribution in [1.29, 1.82) is 0 Å². The van der Waals surface area contributed by atoms with Crippen LogP contribution in [0.25, 0.3) is 0 Å². The molecule has 0 radical (unpaired) electrons. The van der Waals surface area contributed by atoms with Crippen LogP contribution in [0.2, 0.25) is 0 Å². The Labute approximate surface area is 127 Å². The second-order valence-corrected chi connectivity index (χ2v) is 5.17. The van der Waals surface area contributed by atoms with Crippen molar-refractivity contribution in [2.24, 2.45) is 0 Å². The van der Waals surface area contributed by atoms with E-state index in [0.717, 1.165) is 5.69 Å². The monoisotopic (exact) mass is 291 g/mol. The van der Waals surface area contributed by atoms with Crippen LogP contribution in [0.5, 0.6) is 0 Å². The first-order valence-electron chi connectivity index (χ1n) is 7.21. The lowest BCUT2D eigenvalue weighted by Crippen LogP contribution is -2.41. The second-order valence-electron chi connectivity index (χ2n) is 5.17. The SMILES string of the molecule is CCN(CC)C(=O)CN(C)C(=O)c1cccc(N(C)C)c1. The summed E-state index contributed by atoms with van der Waals surface area (Å²) in [5.41, 5.74) is 1.56. The minimum Gasteiger partial charge on any atom is -0.378 e. The van der Waals surface area contributed by atoms with E-state index < -0.39 is 0 Å². The maximum atomic E-state index is 12.4. The fourth-order valence-electron chi connectivity index (χ4n) is 2.09. The van der Waals surface area contributed by atoms with Crippen molar-refractivity contribution in [2.75, 3.05) is 45.7 Å². The lowest BCUT2D eigenvalue weighted by Gasteiger charge is -2.23. The van der Waals surface area contributed by atoms with Crippen LogP contribution in [0.4, 0.5) is 5.69 Å². The number of nitrogens with zero attached hydrogens (tertiary/aromatic N) is 3. The van der Waals surface area contributed by atoms with Crippen LogP contribution in [0.15, 0.2) is 24.3 Å². The normalized spacial score (nSPS) is 10.1. The number of likely N-dealkylation sites (N-methyl/N-ethyl adjacent to an activating group) is 2. The summed E-state index contributed by atoms with van der Waals surface area (Å²) in [5, 5.41) is 0. The van der Waals surface area contributed by atoms with Crippen molar-refractivity contribution in [3.63, 3.8) is 0 Å². The van der Waals surface area contributed by atoms with E-state index >= 15 is 0 Å². The molecule has 0 heterocycles. The molecule has 116 valence electrons. The topological polar surface area (TPSA) is 43.9 Å². The van der Waals surface area contributed by atoms with Gasteiger partial charge in [-0.15, -0.1) is 0 Å². The molecular weight excluding hydrogens is 266 g/mol. The zero-order valence-electron chi connectivity index (χ0n) is 13.6. The van der Waals surface area contributed by atoms with E-state index in [4.69, 9.17) is 0 Å². The van der Waals surface area contributed by atoms with Gasteiger partial charge in [0.2, 0.25) is 5.91 Å². The molecule has 0 aliphatic carbocycles. The summed E-state index contributed by atoms with van der Waals surface area (Å²) < 4.78 is 0. The quantitative estimate of drug-likeness (QED) is 0.801. The average molecular weight is 291 g/mol. The van der Waals surface area contributed by atoms with E-state index in [1.165, 1.54) is 4.90 Å². The van der Waals surface area contributed by atoms with Crippen LogP contribution >= 0.6 is 0 Å². The predicted octanol–water partition coefficient (Wildman–Crippen LogP) is 1.69. The molecule has 21 heavy (non-hydrogen) atoms. The number of amides is 2. The van der Waals surface area contributed by atoms with Crippen molar-refractivity contribution < 1.29 is 9.59 Å². The van der Waals surface area contributed by atoms with E-state index in [9.17, 15) is 9.59 Å². The van der Waals surface area contributed by atoms with Gasteiger partial charge in [0.1, 0.15) is 0 Å². The van der Waals surface area contributed by atoms with Crippen molar-refractivity contribution >= 4 is 17.5 Å². The van der Waals surface area contributed by atoms with Crippen LogP contribution in [0.3, 0.4) is 0 Å². The molecule has 0 aliphatic rings. The van der Waals surface area contributed by atoms with Gasteiger partial charge in [0.25, 0.3) is 5.91 Å². The van der Waals surface area contributed by atoms with E-state index in [2.05, 4.69) is 0 Å². The molecule has 0 saturated heterocycles. The van der Waals surface area contributed by atoms with Gasteiger partial charge >= 0.3 is 0 Å². The van der Waals surface area contributed by atoms with Crippen molar-refractivity contribution in [2.45, 2.75) is 13.8 Å². The third-order valence-corrected chi connectivity index (χ3v) is 3.44. The molecule has 0 atom stereocenters. The number of anilines is 1. The number of benzene rings is 1. The summed E-state index contributed by atoms with van der Waals surface area (Å²) in [7, 11) is 5.51. The lowest BCUT2D eigenvalue weighted by atomic mass is 10.1. The summed E-state index contributed by atoms with van der Waals surface area (Å²) in [5.74, 6) is -0.168. The minimum absolute atomic E-state index is 0.0281. The van der Waals surface area contributed by atoms with E-state index in [-0.39, 0.29) is 18.4 Å². The van der Waals surface area contributed by atoms with Gasteiger partial charge in [-0.05, 0) is 32.0 Å². The smallest absolute Gasteiger partial charge is 0.254 e. The highest BCUT2D eigenvalue weighted by Crippen LogP contribution is 2.14. The molecule has 0 bridgehead atoms. The van der Waals surface area contributed by atoms with Crippen LogP contribution in [-0.4, -0.2) is 62.4 Å². The Morgan fingerprint density at radius 3 is 2.19 bits per heavy atom. The number of carbonyl (C=O) groups excluding carboxylic acids is 2. The van der Waals surface area contributed by atoms with Crippen LogP contribution in [0.1, 0.15) is 24.2 Å². The van der Waals surface area contributed by atoms with Crippen molar-refractivity contribution in [3.8, 4) is 0 Å². The van der Waals surface area contributed by atoms with Crippen LogP contribution < -0.4 is 4.90 Å². The van der Waals surface area contributed by atoms with Crippen LogP contribution in [-0.2, 0) is 4.79 Å². The Hall–Kier alpha value is -2.04. The standard InChI is InChI=1S/C16H25N3O2/c1-6-19(7-2)15(20)12-18(5)16(21)13-9-8-10-14(11-13)17(3)4/h8-11H,6-7,12H2,1-5H3. The van der Waals surface area contributed by atoms with Gasteiger partial charge in [0, 0.05) is 45.5 Å². The average Bonchev–Trinajstić information content (AvgIpc) is 2.47. The Balaban J connectivity index is 2.79. The van der Waals surface area contributed by atoms with E-state index in [1.807, 2.05) is 51.0 Å². The second kappa shape index (κ2) is 7.67. The molecular formula is C16H25N3O2. The molecule has 0 N–H and O–H groups in total. The summed E-state index contributed by atoms with van der Waals surface area (Å²) in [4.78, 5) is 29.6. The molecule has 5 nitrogen and oxygen atoms in total. The zero-order valence-corrected chi connectivity index (χ0v) is 13.6.